The number of hydrogen-bond donors (Lipinski definition) is 0. The molecule has 0 aliphatic rings. The highest BCUT2D eigenvalue weighted by Crippen LogP contribution is 2.71. The molecule has 0 atom stereocenters. The maximum atomic E-state index is 13.3. The van der Waals surface area contributed by atoms with Gasteiger partial charge in [0.1, 0.15) is 5.78 Å². The molecule has 0 aliphatic carbocycles. The van der Waals surface area contributed by atoms with E-state index in [9.17, 15) is 13.9 Å². The molecule has 25 heavy (non-hydrogen) atoms. The molecule has 0 rings (SSSR count). The summed E-state index contributed by atoms with van der Waals surface area (Å²) in [6, 6.07) is 0. The Morgan fingerprint density at radius 2 is 1.12 bits per heavy atom. The second kappa shape index (κ2) is 11.0. The van der Waals surface area contributed by atoms with Crippen molar-refractivity contribution in [2.45, 2.75) is 66.7 Å². The molecule has 0 bridgehead atoms. The average molecular weight is 400 g/mol. The summed E-state index contributed by atoms with van der Waals surface area (Å²) in [6.07, 6.45) is 0.132. The molecule has 0 fully saturated rings. The maximum absolute atomic E-state index is 13.3. The molecule has 0 saturated carbocycles. The summed E-state index contributed by atoms with van der Waals surface area (Å²) in [7, 11) is -7.57. The minimum absolute atomic E-state index is 0.0309. The van der Waals surface area contributed by atoms with Gasteiger partial charge >= 0.3 is 15.2 Å². The lowest BCUT2D eigenvalue weighted by Gasteiger charge is -2.31. The second-order valence-corrected chi connectivity index (χ2v) is 11.3. The van der Waals surface area contributed by atoms with Crippen LogP contribution in [0, 0.1) is 5.41 Å². The third kappa shape index (κ3) is 7.62. The zero-order chi connectivity index (χ0) is 19.7. The van der Waals surface area contributed by atoms with E-state index in [0.717, 1.165) is 0 Å². The smallest absolute Gasteiger partial charge is 0.308 e. The lowest BCUT2D eigenvalue weighted by molar-refractivity contribution is -0.126. The van der Waals surface area contributed by atoms with E-state index in [4.69, 9.17) is 18.1 Å². The summed E-state index contributed by atoms with van der Waals surface area (Å²) in [5.74, 6) is -0.0309. The van der Waals surface area contributed by atoms with Gasteiger partial charge in [0, 0.05) is 11.8 Å². The van der Waals surface area contributed by atoms with E-state index < -0.39 is 26.0 Å². The van der Waals surface area contributed by atoms with Crippen LogP contribution in [-0.2, 0) is 32.0 Å². The first-order valence-electron chi connectivity index (χ1n) is 8.81. The summed E-state index contributed by atoms with van der Waals surface area (Å²) < 4.78 is 48.1. The molecule has 0 aromatic carbocycles. The third-order valence-corrected chi connectivity index (χ3v) is 9.58. The van der Waals surface area contributed by atoms with E-state index in [1.807, 2.05) is 0 Å². The number of carbonyl (C=O) groups excluding carboxylic acids is 1. The van der Waals surface area contributed by atoms with Gasteiger partial charge in [0.15, 0.2) is 5.40 Å². The Labute approximate surface area is 152 Å². The Balaban J connectivity index is 5.81. The predicted octanol–water partition coefficient (Wildman–Crippen LogP) is 5.24. The van der Waals surface area contributed by atoms with E-state index in [0.29, 0.717) is 0 Å². The number of ketones is 1. The van der Waals surface area contributed by atoms with E-state index in [-0.39, 0.29) is 45.1 Å². The van der Waals surface area contributed by atoms with Crippen molar-refractivity contribution >= 4 is 21.0 Å². The maximum Gasteiger partial charge on any atom is 0.345 e. The van der Waals surface area contributed by atoms with Crippen molar-refractivity contribution < 1.29 is 32.0 Å². The van der Waals surface area contributed by atoms with E-state index in [2.05, 4.69) is 0 Å². The Bertz CT molecular complexity index is 449. The first-order valence-corrected chi connectivity index (χ1v) is 12.0. The molecule has 9 heteroatoms. The van der Waals surface area contributed by atoms with Crippen LogP contribution < -0.4 is 0 Å². The van der Waals surface area contributed by atoms with Crippen molar-refractivity contribution in [3.05, 3.63) is 0 Å². The molecule has 0 aliphatic heterocycles. The van der Waals surface area contributed by atoms with Gasteiger partial charge in [-0.1, -0.05) is 20.8 Å². The molecular formula is C16H34O7P2. The molecule has 0 spiro atoms. The van der Waals surface area contributed by atoms with Gasteiger partial charge in [0.25, 0.3) is 0 Å². The van der Waals surface area contributed by atoms with Crippen molar-refractivity contribution in [3.63, 3.8) is 0 Å². The van der Waals surface area contributed by atoms with Crippen LogP contribution in [0.3, 0.4) is 0 Å². The first kappa shape index (κ1) is 25.0. The van der Waals surface area contributed by atoms with Crippen LogP contribution in [0.25, 0.3) is 0 Å². The van der Waals surface area contributed by atoms with Crippen LogP contribution in [0.5, 0.6) is 0 Å². The Kier molecular flexibility index (Phi) is 10.9. The number of carbonyl (C=O) groups is 1. The fraction of sp³-hybridized carbons (Fsp3) is 0.938. The van der Waals surface area contributed by atoms with Crippen molar-refractivity contribution in [2.75, 3.05) is 26.4 Å². The third-order valence-electron chi connectivity index (χ3n) is 3.43. The van der Waals surface area contributed by atoms with Crippen LogP contribution >= 0.6 is 15.2 Å². The SMILES string of the molecule is CCOP(=O)(OCC)C(CCC(=O)C(C)(C)C)P(=O)(OCC)OCC. The largest absolute Gasteiger partial charge is 0.345 e. The molecule has 0 aromatic rings. The minimum atomic E-state index is -3.78. The monoisotopic (exact) mass is 400 g/mol. The quantitative estimate of drug-likeness (QED) is 0.391. The molecule has 0 saturated heterocycles. The van der Waals surface area contributed by atoms with Crippen LogP contribution in [0.4, 0.5) is 0 Å². The van der Waals surface area contributed by atoms with Crippen LogP contribution in [-0.4, -0.2) is 37.6 Å². The van der Waals surface area contributed by atoms with Gasteiger partial charge in [-0.2, -0.15) is 0 Å². The number of Topliss-reactive ketones (excluding diaryl/α,β-unsaturated/α-hetero) is 1. The average Bonchev–Trinajstić information content (AvgIpc) is 2.46. The van der Waals surface area contributed by atoms with Crippen LogP contribution in [0.1, 0.15) is 61.3 Å². The lowest BCUT2D eigenvalue weighted by Crippen LogP contribution is -2.24. The Morgan fingerprint density at radius 3 is 1.36 bits per heavy atom. The van der Waals surface area contributed by atoms with Gasteiger partial charge in [0.05, 0.1) is 26.4 Å². The Morgan fingerprint density at radius 1 is 0.800 bits per heavy atom. The second-order valence-electron chi connectivity index (χ2n) is 6.44. The summed E-state index contributed by atoms with van der Waals surface area (Å²) in [4.78, 5) is 12.3. The zero-order valence-corrected chi connectivity index (χ0v) is 18.4. The molecular weight excluding hydrogens is 366 g/mol. The zero-order valence-electron chi connectivity index (χ0n) is 16.6. The van der Waals surface area contributed by atoms with Crippen molar-refractivity contribution in [1.29, 1.82) is 0 Å². The topological polar surface area (TPSA) is 88.1 Å². The fourth-order valence-corrected chi connectivity index (χ4v) is 7.62. The van der Waals surface area contributed by atoms with E-state index in [1.54, 1.807) is 48.5 Å². The fourth-order valence-electron chi connectivity index (χ4n) is 2.26. The Hall–Kier alpha value is -0.0300. The van der Waals surface area contributed by atoms with Gasteiger partial charge in [-0.15, -0.1) is 0 Å². The van der Waals surface area contributed by atoms with E-state index in [1.165, 1.54) is 0 Å². The summed E-state index contributed by atoms with van der Waals surface area (Å²) in [6.45, 7) is 12.6. The van der Waals surface area contributed by atoms with Crippen LogP contribution in [0.15, 0.2) is 0 Å². The summed E-state index contributed by atoms with van der Waals surface area (Å²) >= 11 is 0. The van der Waals surface area contributed by atoms with Crippen molar-refractivity contribution in [3.8, 4) is 0 Å². The normalized spacial score (nSPS) is 13.4. The van der Waals surface area contributed by atoms with Gasteiger partial charge in [-0.25, -0.2) is 0 Å². The minimum Gasteiger partial charge on any atom is -0.308 e. The van der Waals surface area contributed by atoms with E-state index >= 15 is 0 Å². The predicted molar refractivity (Wildman–Crippen MR) is 99.2 cm³/mol. The van der Waals surface area contributed by atoms with Gasteiger partial charge < -0.3 is 18.1 Å². The highest BCUT2D eigenvalue weighted by Gasteiger charge is 2.50. The molecule has 0 heterocycles. The molecule has 150 valence electrons. The highest BCUT2D eigenvalue weighted by atomic mass is 31.2. The molecule has 7 nitrogen and oxygen atoms in total. The van der Waals surface area contributed by atoms with Crippen LogP contribution in [0.2, 0.25) is 0 Å². The molecule has 0 radical (unpaired) electrons. The molecule has 0 amide bonds. The van der Waals surface area contributed by atoms with Crippen molar-refractivity contribution in [1.82, 2.24) is 0 Å². The highest BCUT2D eigenvalue weighted by molar-refractivity contribution is 7.72. The summed E-state index contributed by atoms with van der Waals surface area (Å²) in [5, 5.41) is -1.13. The van der Waals surface area contributed by atoms with Gasteiger partial charge in [0.2, 0.25) is 0 Å². The molecule has 0 N–H and O–H groups in total. The standard InChI is InChI=1S/C16H34O7P2/c1-8-20-24(18,21-9-2)15(13-12-14(17)16(5,6)7)25(19,22-10-3)23-11-4/h15H,8-13H2,1-7H3. The van der Waals surface area contributed by atoms with Gasteiger partial charge in [-0.05, 0) is 34.1 Å². The van der Waals surface area contributed by atoms with Crippen molar-refractivity contribution in [2.24, 2.45) is 5.41 Å². The first-order chi connectivity index (χ1) is 11.5. The lowest BCUT2D eigenvalue weighted by atomic mass is 9.88. The molecule has 0 unspecified atom stereocenters. The molecule has 0 aromatic heterocycles. The van der Waals surface area contributed by atoms with Gasteiger partial charge in [-0.3, -0.25) is 13.9 Å². The number of hydrogen-bond acceptors (Lipinski definition) is 7. The summed E-state index contributed by atoms with van der Waals surface area (Å²) in [5.41, 5.74) is -0.549. The number of rotatable bonds is 13.